The molecule has 130 valence electrons. The van der Waals surface area contributed by atoms with Crippen molar-refractivity contribution in [2.24, 2.45) is 0 Å². The van der Waals surface area contributed by atoms with Crippen LogP contribution >= 0.6 is 11.6 Å². The minimum Gasteiger partial charge on any atom is -0.339 e. The smallest absolute Gasteiger partial charge is 0.233 e. The molecular formula is C20H17ClN4O. The van der Waals surface area contributed by atoms with Crippen LogP contribution in [0, 0.1) is 0 Å². The fraction of sp³-hybridized carbons (Fsp3) is 0.250. The molecule has 5 rings (SSSR count). The first-order valence-corrected chi connectivity index (χ1v) is 9.08. The lowest BCUT2D eigenvalue weighted by atomic mass is 9.96. The lowest BCUT2D eigenvalue weighted by Crippen LogP contribution is -2.11. The summed E-state index contributed by atoms with van der Waals surface area (Å²) in [5.41, 5.74) is 3.25. The molecule has 2 heterocycles. The van der Waals surface area contributed by atoms with Gasteiger partial charge in [0.25, 0.3) is 0 Å². The number of aromatic nitrogens is 4. The van der Waals surface area contributed by atoms with Crippen molar-refractivity contribution >= 4 is 22.5 Å². The van der Waals surface area contributed by atoms with E-state index in [9.17, 15) is 0 Å². The largest absolute Gasteiger partial charge is 0.339 e. The van der Waals surface area contributed by atoms with Crippen LogP contribution in [-0.4, -0.2) is 20.3 Å². The Labute approximate surface area is 155 Å². The first kappa shape index (κ1) is 15.6. The average Bonchev–Trinajstić information content (AvgIpc) is 3.06. The van der Waals surface area contributed by atoms with Crippen molar-refractivity contribution < 1.29 is 4.52 Å². The monoisotopic (exact) mass is 364 g/mol. The molecule has 1 N–H and O–H groups in total. The fourth-order valence-electron chi connectivity index (χ4n) is 3.45. The summed E-state index contributed by atoms with van der Waals surface area (Å²) >= 11 is 6.32. The molecule has 0 unspecified atom stereocenters. The number of benzene rings is 2. The van der Waals surface area contributed by atoms with Crippen molar-refractivity contribution in [3.63, 3.8) is 0 Å². The topological polar surface area (TPSA) is 67.6 Å². The summed E-state index contributed by atoms with van der Waals surface area (Å²) in [7, 11) is 0. The van der Waals surface area contributed by atoms with Crippen LogP contribution in [-0.2, 0) is 18.3 Å². The van der Waals surface area contributed by atoms with Gasteiger partial charge in [-0.2, -0.15) is 10.1 Å². The Bertz CT molecular complexity index is 1080. The average molecular weight is 365 g/mol. The highest BCUT2D eigenvalue weighted by molar-refractivity contribution is 6.31. The highest BCUT2D eigenvalue weighted by Gasteiger charge is 2.49. The Morgan fingerprint density at radius 3 is 2.88 bits per heavy atom. The second-order valence-corrected chi connectivity index (χ2v) is 7.44. The normalized spacial score (nSPS) is 15.4. The van der Waals surface area contributed by atoms with Gasteiger partial charge in [-0.05, 0) is 48.6 Å². The third-order valence-electron chi connectivity index (χ3n) is 5.13. The highest BCUT2D eigenvalue weighted by Crippen LogP contribution is 2.50. The Balaban J connectivity index is 1.37. The number of rotatable bonds is 5. The van der Waals surface area contributed by atoms with Crippen LogP contribution in [0.3, 0.4) is 0 Å². The molecule has 0 spiro atoms. The van der Waals surface area contributed by atoms with Crippen LogP contribution < -0.4 is 0 Å². The molecule has 0 atom stereocenters. The van der Waals surface area contributed by atoms with Gasteiger partial charge in [-0.1, -0.05) is 41.0 Å². The van der Waals surface area contributed by atoms with Crippen molar-refractivity contribution in [2.75, 3.05) is 0 Å². The number of hydrogen-bond acceptors (Lipinski definition) is 4. The summed E-state index contributed by atoms with van der Waals surface area (Å²) in [6.07, 6.45) is 5.42. The van der Waals surface area contributed by atoms with Crippen molar-refractivity contribution in [3.8, 4) is 0 Å². The van der Waals surface area contributed by atoms with Gasteiger partial charge in [0, 0.05) is 16.8 Å². The number of H-pyrrole nitrogens is 1. The highest BCUT2D eigenvalue weighted by atomic mass is 35.5. The van der Waals surface area contributed by atoms with E-state index in [1.165, 1.54) is 0 Å². The van der Waals surface area contributed by atoms with Gasteiger partial charge in [0.1, 0.15) is 0 Å². The number of hydrogen-bond donors (Lipinski definition) is 1. The predicted molar refractivity (Wildman–Crippen MR) is 99.3 cm³/mol. The van der Waals surface area contributed by atoms with E-state index in [1.807, 2.05) is 30.5 Å². The first-order valence-electron chi connectivity index (χ1n) is 8.70. The zero-order valence-corrected chi connectivity index (χ0v) is 14.8. The van der Waals surface area contributed by atoms with Crippen molar-refractivity contribution in [2.45, 2.75) is 31.1 Å². The second-order valence-electron chi connectivity index (χ2n) is 7.03. The Morgan fingerprint density at radius 2 is 2.04 bits per heavy atom. The molecule has 0 bridgehead atoms. The zero-order valence-electron chi connectivity index (χ0n) is 14.1. The van der Waals surface area contributed by atoms with Gasteiger partial charge in [0.15, 0.2) is 5.82 Å². The molecule has 0 radical (unpaired) electrons. The lowest BCUT2D eigenvalue weighted by Gasteiger charge is -2.11. The van der Waals surface area contributed by atoms with Crippen LogP contribution in [0.5, 0.6) is 0 Å². The van der Waals surface area contributed by atoms with Crippen LogP contribution in [0.4, 0.5) is 0 Å². The van der Waals surface area contributed by atoms with Crippen molar-refractivity contribution in [1.82, 2.24) is 20.3 Å². The summed E-state index contributed by atoms with van der Waals surface area (Å²) in [6.45, 7) is 0. The summed E-state index contributed by atoms with van der Waals surface area (Å²) in [6, 6.07) is 14.2. The van der Waals surface area contributed by atoms with Gasteiger partial charge in [-0.15, -0.1) is 0 Å². The molecule has 5 nitrogen and oxygen atoms in total. The molecule has 2 aromatic carbocycles. The van der Waals surface area contributed by atoms with Gasteiger partial charge < -0.3 is 4.52 Å². The first-order chi connectivity index (χ1) is 12.7. The molecule has 1 aliphatic carbocycles. The molecule has 0 saturated heterocycles. The second kappa shape index (κ2) is 5.95. The van der Waals surface area contributed by atoms with E-state index >= 15 is 0 Å². The molecule has 26 heavy (non-hydrogen) atoms. The third kappa shape index (κ3) is 2.78. The van der Waals surface area contributed by atoms with Gasteiger partial charge in [-0.25, -0.2) is 0 Å². The molecule has 1 saturated carbocycles. The number of fused-ring (bicyclic) bond motifs is 1. The molecule has 1 aliphatic rings. The Hall–Kier alpha value is -2.66. The maximum absolute atomic E-state index is 6.32. The standard InChI is InChI=1S/C20H17ClN4O/c21-16-4-2-1-3-14(16)11-20(7-8-20)19-23-18(25-26-19)10-13-5-6-17-15(9-13)12-22-24-17/h1-6,9,12H,7-8,10-11H2,(H,22,24). The quantitative estimate of drug-likeness (QED) is 0.567. The Kier molecular flexibility index (Phi) is 3.57. The molecule has 1 fully saturated rings. The maximum Gasteiger partial charge on any atom is 0.233 e. The van der Waals surface area contributed by atoms with Crippen molar-refractivity contribution in [3.05, 3.63) is 76.5 Å². The van der Waals surface area contributed by atoms with Crippen LogP contribution in [0.1, 0.15) is 35.7 Å². The SMILES string of the molecule is Clc1ccccc1CC1(c2nc(Cc3ccc4[nH]ncc4c3)no2)CC1. The molecular weight excluding hydrogens is 348 g/mol. The molecule has 2 aromatic heterocycles. The molecule has 4 aromatic rings. The van der Waals surface area contributed by atoms with E-state index in [0.29, 0.717) is 12.2 Å². The van der Waals surface area contributed by atoms with E-state index in [2.05, 4.69) is 38.5 Å². The van der Waals surface area contributed by atoms with Crippen LogP contribution in [0.25, 0.3) is 10.9 Å². The van der Waals surface area contributed by atoms with E-state index in [-0.39, 0.29) is 5.41 Å². The molecule has 0 amide bonds. The van der Waals surface area contributed by atoms with Crippen LogP contribution in [0.15, 0.2) is 53.2 Å². The minimum atomic E-state index is -0.0508. The summed E-state index contributed by atoms with van der Waals surface area (Å²) in [4.78, 5) is 4.69. The third-order valence-corrected chi connectivity index (χ3v) is 5.50. The number of halogens is 1. The summed E-state index contributed by atoms with van der Waals surface area (Å²) in [5.74, 6) is 1.45. The van der Waals surface area contributed by atoms with Crippen LogP contribution in [0.2, 0.25) is 5.02 Å². The van der Waals surface area contributed by atoms with Gasteiger partial charge in [0.05, 0.1) is 17.1 Å². The number of aromatic amines is 1. The number of nitrogens with one attached hydrogen (secondary N) is 1. The van der Waals surface area contributed by atoms with Gasteiger partial charge in [-0.3, -0.25) is 5.10 Å². The van der Waals surface area contributed by atoms with Crippen molar-refractivity contribution in [1.29, 1.82) is 0 Å². The maximum atomic E-state index is 6.32. The van der Waals surface area contributed by atoms with E-state index < -0.39 is 0 Å². The van der Waals surface area contributed by atoms with Gasteiger partial charge >= 0.3 is 0 Å². The summed E-state index contributed by atoms with van der Waals surface area (Å²) < 4.78 is 5.63. The number of nitrogens with zero attached hydrogens (tertiary/aromatic N) is 3. The molecule has 0 aliphatic heterocycles. The molecule has 6 heteroatoms. The van der Waals surface area contributed by atoms with Gasteiger partial charge in [0.2, 0.25) is 5.89 Å². The predicted octanol–water partition coefficient (Wildman–Crippen LogP) is 4.46. The minimum absolute atomic E-state index is 0.0508. The van der Waals surface area contributed by atoms with E-state index in [1.54, 1.807) is 0 Å². The van der Waals surface area contributed by atoms with E-state index in [0.717, 1.165) is 52.2 Å². The zero-order chi connectivity index (χ0) is 17.6. The fourth-order valence-corrected chi connectivity index (χ4v) is 3.65. The lowest BCUT2D eigenvalue weighted by molar-refractivity contribution is 0.340. The Morgan fingerprint density at radius 1 is 1.15 bits per heavy atom. The van der Waals surface area contributed by atoms with E-state index in [4.69, 9.17) is 16.1 Å². The summed E-state index contributed by atoms with van der Waals surface area (Å²) in [5, 5.41) is 13.1.